The number of hydrogen-bond acceptors (Lipinski definition) is 6. The summed E-state index contributed by atoms with van der Waals surface area (Å²) in [5.41, 5.74) is 0.797. The molecule has 1 unspecified atom stereocenters. The van der Waals surface area contributed by atoms with E-state index >= 15 is 0 Å². The number of benzene rings is 2. The molecule has 0 aromatic heterocycles. The standard InChI is InChI=1S/C16H18N2O5S/c1-24(22,23)14-7-8-15(16(10-14)18(20)21)17-13(11-19)9-12-5-3-2-4-6-12/h2-8,10,13,17,19H,9,11H2,1H3. The molecule has 0 aliphatic carbocycles. The zero-order chi connectivity index (χ0) is 17.7. The Kier molecular flexibility index (Phi) is 5.53. The van der Waals surface area contributed by atoms with E-state index in [0.717, 1.165) is 17.9 Å². The van der Waals surface area contributed by atoms with E-state index in [-0.39, 0.29) is 22.9 Å². The second-order valence-electron chi connectivity index (χ2n) is 5.42. The van der Waals surface area contributed by atoms with Gasteiger partial charge in [0.15, 0.2) is 9.84 Å². The summed E-state index contributed by atoms with van der Waals surface area (Å²) in [6.45, 7) is -0.222. The van der Waals surface area contributed by atoms with Gasteiger partial charge in [-0.05, 0) is 24.1 Å². The van der Waals surface area contributed by atoms with E-state index in [9.17, 15) is 23.6 Å². The molecule has 0 aliphatic heterocycles. The summed E-state index contributed by atoms with van der Waals surface area (Å²) >= 11 is 0. The molecule has 0 saturated heterocycles. The second kappa shape index (κ2) is 7.41. The monoisotopic (exact) mass is 350 g/mol. The van der Waals surface area contributed by atoms with E-state index in [2.05, 4.69) is 5.32 Å². The lowest BCUT2D eigenvalue weighted by Gasteiger charge is -2.18. The smallest absolute Gasteiger partial charge is 0.293 e. The largest absolute Gasteiger partial charge is 0.394 e. The van der Waals surface area contributed by atoms with Crippen molar-refractivity contribution in [2.75, 3.05) is 18.2 Å². The molecule has 0 bridgehead atoms. The highest BCUT2D eigenvalue weighted by molar-refractivity contribution is 7.90. The Labute approximate surface area is 140 Å². The SMILES string of the molecule is CS(=O)(=O)c1ccc(NC(CO)Cc2ccccc2)c([N+](=O)[O-])c1. The first-order chi connectivity index (χ1) is 11.3. The minimum atomic E-state index is -3.54. The Morgan fingerprint density at radius 3 is 2.42 bits per heavy atom. The first kappa shape index (κ1) is 17.9. The van der Waals surface area contributed by atoms with Gasteiger partial charge in [-0.3, -0.25) is 10.1 Å². The van der Waals surface area contributed by atoms with Crippen LogP contribution in [0.25, 0.3) is 0 Å². The number of nitro groups is 1. The molecule has 0 saturated carbocycles. The molecule has 0 spiro atoms. The molecule has 0 aliphatic rings. The Hall–Kier alpha value is -2.45. The van der Waals surface area contributed by atoms with Crippen LogP contribution in [-0.4, -0.2) is 37.4 Å². The number of aliphatic hydroxyl groups excluding tert-OH is 1. The van der Waals surface area contributed by atoms with Crippen LogP contribution in [0.5, 0.6) is 0 Å². The summed E-state index contributed by atoms with van der Waals surface area (Å²) in [5, 5.41) is 23.7. The van der Waals surface area contributed by atoms with Crippen molar-refractivity contribution < 1.29 is 18.4 Å². The second-order valence-corrected chi connectivity index (χ2v) is 7.44. The van der Waals surface area contributed by atoms with Crippen LogP contribution >= 0.6 is 0 Å². The number of sulfone groups is 1. The Balaban J connectivity index is 2.28. The lowest BCUT2D eigenvalue weighted by atomic mass is 10.1. The summed E-state index contributed by atoms with van der Waals surface area (Å²) in [5.74, 6) is 0. The molecule has 0 radical (unpaired) electrons. The number of hydrogen-bond donors (Lipinski definition) is 2. The summed E-state index contributed by atoms with van der Waals surface area (Å²) in [4.78, 5) is 10.5. The van der Waals surface area contributed by atoms with Crippen molar-refractivity contribution in [1.82, 2.24) is 0 Å². The maximum Gasteiger partial charge on any atom is 0.293 e. The summed E-state index contributed by atoms with van der Waals surface area (Å²) in [6.07, 6.45) is 1.47. The number of nitrogens with zero attached hydrogens (tertiary/aromatic N) is 1. The van der Waals surface area contributed by atoms with Crippen molar-refractivity contribution in [2.24, 2.45) is 0 Å². The summed E-state index contributed by atoms with van der Waals surface area (Å²) < 4.78 is 23.1. The molecular formula is C16H18N2O5S. The van der Waals surface area contributed by atoms with E-state index in [1.165, 1.54) is 12.1 Å². The molecule has 2 rings (SSSR count). The highest BCUT2D eigenvalue weighted by Gasteiger charge is 2.20. The zero-order valence-corrected chi connectivity index (χ0v) is 13.9. The molecule has 0 heterocycles. The number of anilines is 1. The number of nitro benzene ring substituents is 1. The summed E-state index contributed by atoms with van der Waals surface area (Å²) in [7, 11) is -3.54. The maximum absolute atomic E-state index is 11.6. The van der Waals surface area contributed by atoms with E-state index in [1.54, 1.807) is 0 Å². The lowest BCUT2D eigenvalue weighted by molar-refractivity contribution is -0.384. The Morgan fingerprint density at radius 2 is 1.88 bits per heavy atom. The molecule has 2 aromatic carbocycles. The van der Waals surface area contributed by atoms with Crippen LogP contribution in [0.4, 0.5) is 11.4 Å². The first-order valence-corrected chi connectivity index (χ1v) is 9.10. The fraction of sp³-hybridized carbons (Fsp3) is 0.250. The molecule has 2 N–H and O–H groups in total. The number of rotatable bonds is 7. The van der Waals surface area contributed by atoms with Gasteiger partial charge in [0.2, 0.25) is 0 Å². The molecule has 2 aromatic rings. The van der Waals surface area contributed by atoms with Crippen molar-refractivity contribution in [1.29, 1.82) is 0 Å². The molecular weight excluding hydrogens is 332 g/mol. The van der Waals surface area contributed by atoms with Crippen LogP contribution in [0.3, 0.4) is 0 Å². The molecule has 7 nitrogen and oxygen atoms in total. The fourth-order valence-electron chi connectivity index (χ4n) is 2.29. The minimum absolute atomic E-state index is 0.122. The molecule has 1 atom stereocenters. The van der Waals surface area contributed by atoms with E-state index < -0.39 is 20.8 Å². The predicted octanol–water partition coefficient (Wildman–Crippen LogP) is 2.01. The van der Waals surface area contributed by atoms with Gasteiger partial charge in [-0.1, -0.05) is 30.3 Å². The predicted molar refractivity (Wildman–Crippen MR) is 90.8 cm³/mol. The fourth-order valence-corrected chi connectivity index (χ4v) is 2.94. The van der Waals surface area contributed by atoms with Crippen molar-refractivity contribution in [3.05, 3.63) is 64.2 Å². The third kappa shape index (κ3) is 4.53. The van der Waals surface area contributed by atoms with Gasteiger partial charge in [-0.15, -0.1) is 0 Å². The van der Waals surface area contributed by atoms with Gasteiger partial charge in [0.25, 0.3) is 5.69 Å². The van der Waals surface area contributed by atoms with E-state index in [1.807, 2.05) is 30.3 Å². The first-order valence-electron chi connectivity index (χ1n) is 7.21. The van der Waals surface area contributed by atoms with Gasteiger partial charge < -0.3 is 10.4 Å². The average Bonchev–Trinajstić information content (AvgIpc) is 2.54. The normalized spacial score (nSPS) is 12.6. The topological polar surface area (TPSA) is 110 Å². The van der Waals surface area contributed by atoms with Gasteiger partial charge in [0, 0.05) is 12.3 Å². The van der Waals surface area contributed by atoms with Crippen LogP contribution in [0.2, 0.25) is 0 Å². The van der Waals surface area contributed by atoms with Crippen molar-refractivity contribution >= 4 is 21.2 Å². The van der Waals surface area contributed by atoms with Gasteiger partial charge >= 0.3 is 0 Å². The third-order valence-corrected chi connectivity index (χ3v) is 4.61. The highest BCUT2D eigenvalue weighted by Crippen LogP contribution is 2.28. The molecule has 0 amide bonds. The van der Waals surface area contributed by atoms with Gasteiger partial charge in [-0.25, -0.2) is 8.42 Å². The average molecular weight is 350 g/mol. The number of aliphatic hydroxyl groups is 1. The van der Waals surface area contributed by atoms with Crippen LogP contribution in [0, 0.1) is 10.1 Å². The van der Waals surface area contributed by atoms with E-state index in [0.29, 0.717) is 6.42 Å². The van der Waals surface area contributed by atoms with Crippen LogP contribution in [-0.2, 0) is 16.3 Å². The molecule has 128 valence electrons. The summed E-state index contributed by atoms with van der Waals surface area (Å²) in [6, 6.07) is 12.6. The lowest BCUT2D eigenvalue weighted by Crippen LogP contribution is -2.26. The maximum atomic E-state index is 11.6. The van der Waals surface area contributed by atoms with Crippen molar-refractivity contribution in [3.63, 3.8) is 0 Å². The Bertz CT molecular complexity index is 822. The Morgan fingerprint density at radius 1 is 1.21 bits per heavy atom. The van der Waals surface area contributed by atoms with Gasteiger partial charge in [-0.2, -0.15) is 0 Å². The van der Waals surface area contributed by atoms with Crippen LogP contribution in [0.1, 0.15) is 5.56 Å². The van der Waals surface area contributed by atoms with Gasteiger partial charge in [0.1, 0.15) is 5.69 Å². The number of nitrogens with one attached hydrogen (secondary N) is 1. The van der Waals surface area contributed by atoms with Crippen LogP contribution < -0.4 is 5.32 Å². The van der Waals surface area contributed by atoms with Crippen molar-refractivity contribution in [2.45, 2.75) is 17.4 Å². The van der Waals surface area contributed by atoms with Crippen LogP contribution in [0.15, 0.2) is 53.4 Å². The quantitative estimate of drug-likeness (QED) is 0.584. The molecule has 0 fully saturated rings. The molecule has 24 heavy (non-hydrogen) atoms. The highest BCUT2D eigenvalue weighted by atomic mass is 32.2. The van der Waals surface area contributed by atoms with E-state index in [4.69, 9.17) is 0 Å². The minimum Gasteiger partial charge on any atom is -0.394 e. The van der Waals surface area contributed by atoms with Crippen molar-refractivity contribution in [3.8, 4) is 0 Å². The molecule has 8 heteroatoms. The zero-order valence-electron chi connectivity index (χ0n) is 13.0. The third-order valence-electron chi connectivity index (χ3n) is 3.50. The van der Waals surface area contributed by atoms with Gasteiger partial charge in [0.05, 0.1) is 22.5 Å².